The highest BCUT2D eigenvalue weighted by molar-refractivity contribution is 6.31. The number of likely N-dealkylation sites (N-methyl/N-ethyl adjacent to an activating group) is 1. The first-order valence-corrected chi connectivity index (χ1v) is 8.09. The van der Waals surface area contributed by atoms with Crippen molar-refractivity contribution in [3.05, 3.63) is 16.4 Å². The molecule has 1 fully saturated rings. The second kappa shape index (κ2) is 7.09. The quantitative estimate of drug-likeness (QED) is 0.873. The predicted octanol–water partition coefficient (Wildman–Crippen LogP) is 2.09. The van der Waals surface area contributed by atoms with E-state index in [1.54, 1.807) is 0 Å². The van der Waals surface area contributed by atoms with Gasteiger partial charge in [-0.15, -0.1) is 0 Å². The Labute approximate surface area is 131 Å². The summed E-state index contributed by atoms with van der Waals surface area (Å²) >= 11 is 6.44. The van der Waals surface area contributed by atoms with Crippen LogP contribution in [-0.2, 0) is 24.2 Å². The topological polar surface area (TPSA) is 50.5 Å². The van der Waals surface area contributed by atoms with Crippen LogP contribution in [-0.4, -0.2) is 52.2 Å². The Morgan fingerprint density at radius 1 is 1.38 bits per heavy atom. The molecular weight excluding hydrogens is 290 g/mol. The van der Waals surface area contributed by atoms with E-state index in [4.69, 9.17) is 16.3 Å². The van der Waals surface area contributed by atoms with Gasteiger partial charge in [-0.1, -0.05) is 18.5 Å². The first-order valence-electron chi connectivity index (χ1n) is 7.72. The van der Waals surface area contributed by atoms with Gasteiger partial charge in [-0.05, 0) is 20.4 Å². The zero-order valence-corrected chi connectivity index (χ0v) is 14.0. The van der Waals surface area contributed by atoms with Crippen molar-refractivity contribution in [3.8, 4) is 0 Å². The zero-order chi connectivity index (χ0) is 15.5. The first-order chi connectivity index (χ1) is 9.99. The van der Waals surface area contributed by atoms with Gasteiger partial charge in [0.25, 0.3) is 0 Å². The molecular formula is C15H26ClN3O2. The zero-order valence-electron chi connectivity index (χ0n) is 13.2. The maximum Gasteiger partial charge on any atom is 0.0863 e. The van der Waals surface area contributed by atoms with Gasteiger partial charge in [0.05, 0.1) is 22.0 Å². The van der Waals surface area contributed by atoms with Crippen molar-refractivity contribution >= 4 is 11.6 Å². The average molecular weight is 316 g/mol. The smallest absolute Gasteiger partial charge is 0.0863 e. The van der Waals surface area contributed by atoms with Crippen LogP contribution in [0.4, 0.5) is 0 Å². The van der Waals surface area contributed by atoms with E-state index in [1.165, 1.54) is 0 Å². The average Bonchev–Trinajstić information content (AvgIpc) is 2.75. The third kappa shape index (κ3) is 3.97. The monoisotopic (exact) mass is 315 g/mol. The molecule has 0 aliphatic carbocycles. The summed E-state index contributed by atoms with van der Waals surface area (Å²) in [5.41, 5.74) is 1.34. The van der Waals surface area contributed by atoms with E-state index in [2.05, 4.69) is 23.8 Å². The van der Waals surface area contributed by atoms with Crippen LogP contribution in [0.5, 0.6) is 0 Å². The Hall–Kier alpha value is -0.620. The molecule has 1 N–H and O–H groups in total. The number of ether oxygens (including phenoxy) is 1. The van der Waals surface area contributed by atoms with Crippen molar-refractivity contribution in [2.45, 2.75) is 51.8 Å². The number of hydrogen-bond donors (Lipinski definition) is 1. The summed E-state index contributed by atoms with van der Waals surface area (Å²) < 4.78 is 7.29. The highest BCUT2D eigenvalue weighted by Crippen LogP contribution is 2.25. The number of aromatic nitrogens is 2. The van der Waals surface area contributed by atoms with Gasteiger partial charge in [0.2, 0.25) is 0 Å². The lowest BCUT2D eigenvalue weighted by Crippen LogP contribution is -2.45. The third-order valence-corrected chi connectivity index (χ3v) is 4.54. The van der Waals surface area contributed by atoms with E-state index in [0.29, 0.717) is 39.1 Å². The molecule has 0 aromatic carbocycles. The summed E-state index contributed by atoms with van der Waals surface area (Å²) in [6.45, 7) is 7.54. The molecule has 0 amide bonds. The van der Waals surface area contributed by atoms with Gasteiger partial charge < -0.3 is 9.84 Å². The lowest BCUT2D eigenvalue weighted by molar-refractivity contribution is -0.0779. The van der Waals surface area contributed by atoms with E-state index < -0.39 is 5.60 Å². The minimum atomic E-state index is -0.649. The van der Waals surface area contributed by atoms with Gasteiger partial charge in [-0.2, -0.15) is 5.10 Å². The fraction of sp³-hybridized carbons (Fsp3) is 0.800. The van der Waals surface area contributed by atoms with Gasteiger partial charge in [0.1, 0.15) is 0 Å². The minimum absolute atomic E-state index is 0.628. The van der Waals surface area contributed by atoms with Gasteiger partial charge in [0.15, 0.2) is 0 Å². The molecule has 0 spiro atoms. The Morgan fingerprint density at radius 3 is 2.62 bits per heavy atom. The summed E-state index contributed by atoms with van der Waals surface area (Å²) in [6, 6.07) is 0. The number of halogens is 1. The summed E-state index contributed by atoms with van der Waals surface area (Å²) in [6.07, 6.45) is 2.22. The molecule has 1 aromatic heterocycles. The number of hydrogen-bond acceptors (Lipinski definition) is 4. The number of nitrogens with zero attached hydrogens (tertiary/aromatic N) is 3. The van der Waals surface area contributed by atoms with Crippen molar-refractivity contribution in [3.63, 3.8) is 0 Å². The maximum atomic E-state index is 10.6. The fourth-order valence-corrected chi connectivity index (χ4v) is 3.22. The molecule has 5 nitrogen and oxygen atoms in total. The van der Waals surface area contributed by atoms with Crippen LogP contribution in [0.2, 0.25) is 5.02 Å². The normalized spacial score (nSPS) is 18.4. The Kier molecular flexibility index (Phi) is 5.66. The first kappa shape index (κ1) is 16.7. The summed E-state index contributed by atoms with van der Waals surface area (Å²) in [5.74, 6) is 0. The second-order valence-corrected chi connectivity index (χ2v) is 6.26. The SMILES string of the molecule is CCc1nn(CC)c(CN(C)CC2(O)CCOCC2)c1Cl. The summed E-state index contributed by atoms with van der Waals surface area (Å²) in [5, 5.41) is 15.9. The van der Waals surface area contributed by atoms with Gasteiger partial charge >= 0.3 is 0 Å². The predicted molar refractivity (Wildman–Crippen MR) is 83.6 cm³/mol. The van der Waals surface area contributed by atoms with E-state index in [9.17, 15) is 5.11 Å². The van der Waals surface area contributed by atoms with Crippen LogP contribution in [0.1, 0.15) is 38.1 Å². The van der Waals surface area contributed by atoms with E-state index in [1.807, 2.05) is 11.7 Å². The summed E-state index contributed by atoms with van der Waals surface area (Å²) in [7, 11) is 2.02. The van der Waals surface area contributed by atoms with E-state index in [0.717, 1.165) is 29.4 Å². The number of rotatable bonds is 6. The molecule has 0 bridgehead atoms. The molecule has 1 aromatic rings. The molecule has 2 rings (SSSR count). The molecule has 0 radical (unpaired) electrons. The largest absolute Gasteiger partial charge is 0.388 e. The van der Waals surface area contributed by atoms with Crippen molar-refractivity contribution in [2.75, 3.05) is 26.8 Å². The molecule has 2 heterocycles. The van der Waals surface area contributed by atoms with Crippen LogP contribution >= 0.6 is 11.6 Å². The standard InChI is InChI=1S/C15H26ClN3O2/c1-4-12-14(16)13(19(5-2)17-12)10-18(3)11-15(20)6-8-21-9-7-15/h20H,4-11H2,1-3H3. The number of aryl methyl sites for hydroxylation is 2. The van der Waals surface area contributed by atoms with Gasteiger partial charge in [-0.25, -0.2) is 0 Å². The van der Waals surface area contributed by atoms with E-state index in [-0.39, 0.29) is 0 Å². The lowest BCUT2D eigenvalue weighted by atomic mass is 9.94. The fourth-order valence-electron chi connectivity index (χ4n) is 2.89. The van der Waals surface area contributed by atoms with Crippen LogP contribution in [0.15, 0.2) is 0 Å². The molecule has 1 aliphatic rings. The second-order valence-electron chi connectivity index (χ2n) is 5.89. The highest BCUT2D eigenvalue weighted by Gasteiger charge is 2.31. The van der Waals surface area contributed by atoms with Crippen molar-refractivity contribution < 1.29 is 9.84 Å². The Bertz CT molecular complexity index is 470. The van der Waals surface area contributed by atoms with Crippen molar-refractivity contribution in [1.82, 2.24) is 14.7 Å². The van der Waals surface area contributed by atoms with Crippen molar-refractivity contribution in [1.29, 1.82) is 0 Å². The van der Waals surface area contributed by atoms with Gasteiger partial charge in [-0.3, -0.25) is 9.58 Å². The van der Waals surface area contributed by atoms with Crippen LogP contribution in [0, 0.1) is 0 Å². The van der Waals surface area contributed by atoms with Crippen LogP contribution < -0.4 is 0 Å². The molecule has 120 valence electrons. The lowest BCUT2D eigenvalue weighted by Gasteiger charge is -2.35. The Balaban J connectivity index is 2.05. The molecule has 0 atom stereocenters. The molecule has 1 saturated heterocycles. The van der Waals surface area contributed by atoms with Crippen LogP contribution in [0.25, 0.3) is 0 Å². The van der Waals surface area contributed by atoms with Crippen LogP contribution in [0.3, 0.4) is 0 Å². The Morgan fingerprint density at radius 2 is 2.05 bits per heavy atom. The number of aliphatic hydroxyl groups is 1. The maximum absolute atomic E-state index is 10.6. The minimum Gasteiger partial charge on any atom is -0.388 e. The summed E-state index contributed by atoms with van der Waals surface area (Å²) in [4.78, 5) is 2.12. The molecule has 6 heteroatoms. The van der Waals surface area contributed by atoms with Gasteiger partial charge in [0, 0.05) is 45.7 Å². The molecule has 0 saturated carbocycles. The molecule has 0 unspecified atom stereocenters. The molecule has 21 heavy (non-hydrogen) atoms. The van der Waals surface area contributed by atoms with Crippen molar-refractivity contribution in [2.24, 2.45) is 0 Å². The highest BCUT2D eigenvalue weighted by atomic mass is 35.5. The van der Waals surface area contributed by atoms with E-state index >= 15 is 0 Å². The third-order valence-electron chi connectivity index (χ3n) is 4.10. The molecule has 1 aliphatic heterocycles.